The van der Waals surface area contributed by atoms with Crippen molar-refractivity contribution in [1.82, 2.24) is 9.97 Å². The molecule has 1 aliphatic carbocycles. The van der Waals surface area contributed by atoms with Crippen molar-refractivity contribution in [2.24, 2.45) is 5.92 Å². The molecule has 1 fully saturated rings. The fraction of sp³-hybridized carbons (Fsp3) is 0.231. The molecule has 0 saturated heterocycles. The van der Waals surface area contributed by atoms with Crippen molar-refractivity contribution >= 4 is 44.7 Å². The van der Waals surface area contributed by atoms with E-state index in [9.17, 15) is 4.39 Å². The summed E-state index contributed by atoms with van der Waals surface area (Å²) >= 11 is 8.02. The molecule has 4 nitrogen and oxygen atoms in total. The van der Waals surface area contributed by atoms with Gasteiger partial charge in [0.15, 0.2) is 5.82 Å². The van der Waals surface area contributed by atoms with Crippen molar-refractivity contribution in [1.29, 1.82) is 0 Å². The maximum atomic E-state index is 13.4. The summed E-state index contributed by atoms with van der Waals surface area (Å²) in [4.78, 5) is 9.81. The monoisotopic (exact) mass is 477 g/mol. The van der Waals surface area contributed by atoms with Gasteiger partial charge in [-0.25, -0.2) is 14.4 Å². The van der Waals surface area contributed by atoms with Gasteiger partial charge in [0.25, 0.3) is 0 Å². The molecule has 0 aliphatic heterocycles. The molecule has 2 aromatic heterocycles. The van der Waals surface area contributed by atoms with Gasteiger partial charge < -0.3 is 10.1 Å². The third-order valence-corrected chi connectivity index (χ3v) is 6.89. The Morgan fingerprint density at radius 3 is 2.82 bits per heavy atom. The molecule has 166 valence electrons. The normalized spacial score (nSPS) is 13.6. The second kappa shape index (κ2) is 9.78. The first-order chi connectivity index (χ1) is 16.1. The Morgan fingerprint density at radius 1 is 1.12 bits per heavy atom. The van der Waals surface area contributed by atoms with Crippen LogP contribution in [0, 0.1) is 23.6 Å². The SMILES string of the molecule is Fc1cccc(COc2ccc(Nc3ncnc4cc(C#CC5CCCC5)sc34)cc2Cl)c1. The van der Waals surface area contributed by atoms with Crippen LogP contribution >= 0.6 is 22.9 Å². The van der Waals surface area contributed by atoms with Gasteiger partial charge in [0.05, 0.1) is 20.1 Å². The number of fused-ring (bicyclic) bond motifs is 1. The third kappa shape index (κ3) is 5.27. The minimum Gasteiger partial charge on any atom is -0.487 e. The molecule has 0 amide bonds. The number of hydrogen-bond acceptors (Lipinski definition) is 5. The molecule has 5 rings (SSSR count). The maximum absolute atomic E-state index is 13.4. The molecule has 0 bridgehead atoms. The minimum absolute atomic E-state index is 0.233. The number of anilines is 2. The molecule has 4 aromatic rings. The number of hydrogen-bond donors (Lipinski definition) is 1. The van der Waals surface area contributed by atoms with E-state index in [1.807, 2.05) is 12.1 Å². The maximum Gasteiger partial charge on any atom is 0.151 e. The Balaban J connectivity index is 1.31. The van der Waals surface area contributed by atoms with Crippen LogP contribution in [0.15, 0.2) is 54.9 Å². The Labute approximate surface area is 200 Å². The molecule has 2 heterocycles. The topological polar surface area (TPSA) is 47.0 Å². The van der Waals surface area contributed by atoms with E-state index in [2.05, 4.69) is 27.1 Å². The van der Waals surface area contributed by atoms with Gasteiger partial charge in [0.1, 0.15) is 24.5 Å². The van der Waals surface area contributed by atoms with Crippen molar-refractivity contribution in [2.75, 3.05) is 5.32 Å². The molecule has 33 heavy (non-hydrogen) atoms. The predicted octanol–water partition coefficient (Wildman–Crippen LogP) is 7.35. The fourth-order valence-electron chi connectivity index (χ4n) is 3.87. The summed E-state index contributed by atoms with van der Waals surface area (Å²) < 4.78 is 20.1. The fourth-order valence-corrected chi connectivity index (χ4v) is 5.02. The van der Waals surface area contributed by atoms with Gasteiger partial charge in [0, 0.05) is 11.6 Å². The lowest BCUT2D eigenvalue weighted by Crippen LogP contribution is -1.98. The number of halogens is 2. The highest BCUT2D eigenvalue weighted by Crippen LogP contribution is 2.33. The van der Waals surface area contributed by atoms with E-state index in [0.717, 1.165) is 26.3 Å². The Bertz CT molecular complexity index is 1350. The summed E-state index contributed by atoms with van der Waals surface area (Å²) in [6.07, 6.45) is 6.51. The number of rotatable bonds is 5. The van der Waals surface area contributed by atoms with Crippen molar-refractivity contribution in [3.8, 4) is 17.6 Å². The zero-order valence-electron chi connectivity index (χ0n) is 17.8. The van der Waals surface area contributed by atoms with Crippen molar-refractivity contribution in [2.45, 2.75) is 32.3 Å². The highest BCUT2D eigenvalue weighted by molar-refractivity contribution is 7.20. The first-order valence-corrected chi connectivity index (χ1v) is 12.0. The van der Waals surface area contributed by atoms with Gasteiger partial charge in [-0.2, -0.15) is 0 Å². The van der Waals surface area contributed by atoms with Crippen LogP contribution in [0.4, 0.5) is 15.9 Å². The lowest BCUT2D eigenvalue weighted by atomic mass is 10.1. The Kier molecular flexibility index (Phi) is 6.43. The van der Waals surface area contributed by atoms with Crippen molar-refractivity contribution in [3.05, 3.63) is 76.1 Å². The minimum atomic E-state index is -0.292. The van der Waals surface area contributed by atoms with Gasteiger partial charge in [-0.05, 0) is 54.8 Å². The van der Waals surface area contributed by atoms with Gasteiger partial charge in [-0.15, -0.1) is 11.3 Å². The quantitative estimate of drug-likeness (QED) is 0.305. The van der Waals surface area contributed by atoms with E-state index in [1.165, 1.54) is 37.8 Å². The number of aromatic nitrogens is 2. The smallest absolute Gasteiger partial charge is 0.151 e. The first-order valence-electron chi connectivity index (χ1n) is 10.8. The summed E-state index contributed by atoms with van der Waals surface area (Å²) in [6, 6.07) is 13.8. The summed E-state index contributed by atoms with van der Waals surface area (Å²) in [5.41, 5.74) is 2.39. The number of thiophene rings is 1. The lowest BCUT2D eigenvalue weighted by Gasteiger charge is -2.11. The number of nitrogens with zero attached hydrogens (tertiary/aromatic N) is 2. The van der Waals surface area contributed by atoms with Crippen LogP contribution in [0.25, 0.3) is 10.2 Å². The van der Waals surface area contributed by atoms with Crippen LogP contribution in [0.1, 0.15) is 36.1 Å². The summed E-state index contributed by atoms with van der Waals surface area (Å²) in [7, 11) is 0. The molecule has 7 heteroatoms. The third-order valence-electron chi connectivity index (χ3n) is 5.54. The van der Waals surface area contributed by atoms with Crippen molar-refractivity contribution in [3.63, 3.8) is 0 Å². The average molecular weight is 478 g/mol. The van der Waals surface area contributed by atoms with Crippen LogP contribution in [-0.4, -0.2) is 9.97 Å². The standard InChI is InChI=1S/C26H21ClFN3OS/c27-22-13-20(9-11-24(22)32-15-18-6-3-7-19(28)12-18)31-26-25-23(29-16-30-26)14-21(33-25)10-8-17-4-1-2-5-17/h3,6-7,9,11-14,16-17H,1-2,4-5,15H2,(H,29,30,31). The molecular formula is C26H21ClFN3OS. The Hall–Kier alpha value is -3.14. The van der Waals surface area contributed by atoms with Crippen LogP contribution in [0.3, 0.4) is 0 Å². The number of ether oxygens (including phenoxy) is 1. The van der Waals surface area contributed by atoms with Crippen LogP contribution in [0.2, 0.25) is 5.02 Å². The zero-order chi connectivity index (χ0) is 22.6. The average Bonchev–Trinajstić information content (AvgIpc) is 3.47. The van der Waals surface area contributed by atoms with Crippen LogP contribution < -0.4 is 10.1 Å². The number of benzene rings is 2. The summed E-state index contributed by atoms with van der Waals surface area (Å²) in [5, 5.41) is 3.78. The molecule has 0 unspecified atom stereocenters. The van der Waals surface area contributed by atoms with E-state index < -0.39 is 0 Å². The molecule has 0 radical (unpaired) electrons. The number of nitrogens with one attached hydrogen (secondary N) is 1. The largest absolute Gasteiger partial charge is 0.487 e. The molecular weight excluding hydrogens is 457 g/mol. The molecule has 1 aliphatic rings. The highest BCUT2D eigenvalue weighted by atomic mass is 35.5. The highest BCUT2D eigenvalue weighted by Gasteiger charge is 2.13. The molecule has 1 saturated carbocycles. The van der Waals surface area contributed by atoms with Crippen LogP contribution in [-0.2, 0) is 6.61 Å². The molecule has 0 spiro atoms. The van der Waals surface area contributed by atoms with E-state index in [-0.39, 0.29) is 12.4 Å². The van der Waals surface area contributed by atoms with Crippen LogP contribution in [0.5, 0.6) is 5.75 Å². The van der Waals surface area contributed by atoms with Gasteiger partial charge in [-0.1, -0.05) is 48.4 Å². The second-order valence-electron chi connectivity index (χ2n) is 7.99. The molecule has 1 N–H and O–H groups in total. The van der Waals surface area contributed by atoms with Gasteiger partial charge in [0.2, 0.25) is 0 Å². The summed E-state index contributed by atoms with van der Waals surface area (Å²) in [6.45, 7) is 0.233. The predicted molar refractivity (Wildman–Crippen MR) is 132 cm³/mol. The molecule has 0 atom stereocenters. The molecule has 2 aromatic carbocycles. The van der Waals surface area contributed by atoms with Gasteiger partial charge >= 0.3 is 0 Å². The van der Waals surface area contributed by atoms with E-state index in [1.54, 1.807) is 41.9 Å². The zero-order valence-corrected chi connectivity index (χ0v) is 19.3. The first kappa shape index (κ1) is 21.7. The summed E-state index contributed by atoms with van der Waals surface area (Å²) in [5.74, 6) is 8.20. The van der Waals surface area contributed by atoms with E-state index >= 15 is 0 Å². The van der Waals surface area contributed by atoms with Gasteiger partial charge in [-0.3, -0.25) is 0 Å². The Morgan fingerprint density at radius 2 is 2.00 bits per heavy atom. The lowest BCUT2D eigenvalue weighted by molar-refractivity contribution is 0.306. The van der Waals surface area contributed by atoms with E-state index in [0.29, 0.717) is 22.5 Å². The van der Waals surface area contributed by atoms with Crippen molar-refractivity contribution < 1.29 is 9.13 Å². The van der Waals surface area contributed by atoms with E-state index in [4.69, 9.17) is 16.3 Å². The second-order valence-corrected chi connectivity index (χ2v) is 9.45.